The number of rotatable bonds is 2. The molecule has 1 heterocycles. The Kier molecular flexibility index (Phi) is 4.70. The molecule has 2 N–H and O–H groups in total. The largest absolute Gasteiger partial charge is 0.506 e. The summed E-state index contributed by atoms with van der Waals surface area (Å²) in [5.41, 5.74) is 0.674. The minimum Gasteiger partial charge on any atom is -0.506 e. The average molecular weight is 292 g/mol. The molecule has 0 radical (unpaired) electrons. The molecule has 0 unspecified atom stereocenters. The zero-order valence-corrected chi connectivity index (χ0v) is 11.3. The van der Waals surface area contributed by atoms with Crippen LogP contribution >= 0.6 is 23.2 Å². The van der Waals surface area contributed by atoms with Gasteiger partial charge < -0.3 is 14.9 Å². The van der Waals surface area contributed by atoms with Crippen LogP contribution in [0, 0.1) is 0 Å². The van der Waals surface area contributed by atoms with Crippen LogP contribution in [0.2, 0.25) is 10.0 Å². The standard InChI is InChI=1S/C12H15Cl2NO3/c13-10-1-2-11(17)12(14)9(10)6-15-3-4-18-7-8(16)5-15/h1-2,8,16-17H,3-7H2/t8-/m1/s1. The molecule has 1 aliphatic rings. The lowest BCUT2D eigenvalue weighted by Gasteiger charge is -2.22. The van der Waals surface area contributed by atoms with Gasteiger partial charge in [-0.05, 0) is 12.1 Å². The molecule has 1 aliphatic heterocycles. The van der Waals surface area contributed by atoms with Crippen LogP contribution in [-0.2, 0) is 11.3 Å². The summed E-state index contributed by atoms with van der Waals surface area (Å²) in [4.78, 5) is 2.00. The number of hydrogen-bond donors (Lipinski definition) is 2. The van der Waals surface area contributed by atoms with E-state index in [1.165, 1.54) is 6.07 Å². The van der Waals surface area contributed by atoms with Crippen molar-refractivity contribution in [3.63, 3.8) is 0 Å². The number of hydrogen-bond acceptors (Lipinski definition) is 4. The molecule has 0 aromatic heterocycles. The lowest BCUT2D eigenvalue weighted by atomic mass is 10.2. The van der Waals surface area contributed by atoms with E-state index in [0.717, 1.165) is 0 Å². The highest BCUT2D eigenvalue weighted by molar-refractivity contribution is 6.36. The van der Waals surface area contributed by atoms with E-state index in [1.807, 2.05) is 4.90 Å². The molecule has 6 heteroatoms. The highest BCUT2D eigenvalue weighted by Crippen LogP contribution is 2.33. The first-order valence-corrected chi connectivity index (χ1v) is 6.47. The van der Waals surface area contributed by atoms with Crippen LogP contribution in [0.1, 0.15) is 5.56 Å². The predicted octanol–water partition coefficient (Wildman–Crippen LogP) is 1.89. The van der Waals surface area contributed by atoms with Gasteiger partial charge in [-0.2, -0.15) is 0 Å². The van der Waals surface area contributed by atoms with Crippen molar-refractivity contribution in [2.24, 2.45) is 0 Å². The lowest BCUT2D eigenvalue weighted by molar-refractivity contribution is 0.0562. The minimum absolute atomic E-state index is 0.0164. The molecule has 1 aromatic carbocycles. The van der Waals surface area contributed by atoms with E-state index in [0.29, 0.717) is 43.4 Å². The molecule has 100 valence electrons. The number of aliphatic hydroxyl groups is 1. The van der Waals surface area contributed by atoms with E-state index >= 15 is 0 Å². The summed E-state index contributed by atoms with van der Waals surface area (Å²) in [7, 11) is 0. The molecule has 0 bridgehead atoms. The Hall–Kier alpha value is -0.520. The van der Waals surface area contributed by atoms with Crippen LogP contribution in [0.4, 0.5) is 0 Å². The second-order valence-corrected chi connectivity index (χ2v) is 5.11. The van der Waals surface area contributed by atoms with E-state index in [4.69, 9.17) is 27.9 Å². The van der Waals surface area contributed by atoms with Crippen molar-refractivity contribution < 1.29 is 14.9 Å². The fraction of sp³-hybridized carbons (Fsp3) is 0.500. The van der Waals surface area contributed by atoms with E-state index in [2.05, 4.69) is 0 Å². The van der Waals surface area contributed by atoms with Crippen LogP contribution in [0.5, 0.6) is 5.75 Å². The number of ether oxygens (including phenoxy) is 1. The van der Waals surface area contributed by atoms with Gasteiger partial charge in [-0.25, -0.2) is 0 Å². The van der Waals surface area contributed by atoms with Gasteiger partial charge in [-0.1, -0.05) is 23.2 Å². The van der Waals surface area contributed by atoms with Gasteiger partial charge in [0, 0.05) is 30.2 Å². The molecule has 2 rings (SSSR count). The Balaban J connectivity index is 2.15. The summed E-state index contributed by atoms with van der Waals surface area (Å²) in [5, 5.41) is 20.0. The summed E-state index contributed by atoms with van der Waals surface area (Å²) < 4.78 is 5.25. The molecule has 4 nitrogen and oxygen atoms in total. The molecule has 0 aliphatic carbocycles. The van der Waals surface area contributed by atoms with Gasteiger partial charge in [-0.3, -0.25) is 4.90 Å². The van der Waals surface area contributed by atoms with Crippen molar-refractivity contribution in [3.05, 3.63) is 27.7 Å². The zero-order valence-electron chi connectivity index (χ0n) is 9.77. The molecular weight excluding hydrogens is 277 g/mol. The minimum atomic E-state index is -0.512. The van der Waals surface area contributed by atoms with Gasteiger partial charge in [-0.15, -0.1) is 0 Å². The van der Waals surface area contributed by atoms with Crippen molar-refractivity contribution in [1.29, 1.82) is 0 Å². The Morgan fingerprint density at radius 1 is 1.39 bits per heavy atom. The molecule has 18 heavy (non-hydrogen) atoms. The Bertz CT molecular complexity index is 428. The first-order chi connectivity index (χ1) is 8.58. The van der Waals surface area contributed by atoms with Crippen molar-refractivity contribution in [1.82, 2.24) is 4.90 Å². The van der Waals surface area contributed by atoms with Crippen LogP contribution in [0.15, 0.2) is 12.1 Å². The smallest absolute Gasteiger partial charge is 0.134 e. The number of aliphatic hydroxyl groups excluding tert-OH is 1. The SMILES string of the molecule is Oc1ccc(Cl)c(CN2CCOC[C@H](O)C2)c1Cl. The number of phenolic OH excluding ortho intramolecular Hbond substituents is 1. The molecular formula is C12H15Cl2NO3. The maximum Gasteiger partial charge on any atom is 0.134 e. The van der Waals surface area contributed by atoms with Gasteiger partial charge in [0.05, 0.1) is 24.3 Å². The number of halogens is 2. The molecule has 0 amide bonds. The van der Waals surface area contributed by atoms with Gasteiger partial charge in [0.1, 0.15) is 5.75 Å². The van der Waals surface area contributed by atoms with Crippen molar-refractivity contribution in [2.45, 2.75) is 12.6 Å². The summed E-state index contributed by atoms with van der Waals surface area (Å²) >= 11 is 12.1. The van der Waals surface area contributed by atoms with Gasteiger partial charge in [0.2, 0.25) is 0 Å². The average Bonchev–Trinajstić information content (AvgIpc) is 2.54. The van der Waals surface area contributed by atoms with Gasteiger partial charge in [0.15, 0.2) is 0 Å². The first-order valence-electron chi connectivity index (χ1n) is 5.72. The molecule has 1 atom stereocenters. The molecule has 0 spiro atoms. The summed E-state index contributed by atoms with van der Waals surface area (Å²) in [5.74, 6) is 0.0164. The Labute approximate surface area is 116 Å². The highest BCUT2D eigenvalue weighted by atomic mass is 35.5. The normalized spacial score (nSPS) is 21.8. The number of β-amino-alcohol motifs (C(OH)–C–C–N with tert-alkyl or cyclic N) is 1. The maximum absolute atomic E-state index is 9.65. The third-order valence-corrected chi connectivity index (χ3v) is 3.65. The van der Waals surface area contributed by atoms with Gasteiger partial charge in [0.25, 0.3) is 0 Å². The summed E-state index contributed by atoms with van der Waals surface area (Å²) in [6.07, 6.45) is -0.512. The van der Waals surface area contributed by atoms with Crippen LogP contribution < -0.4 is 0 Å². The molecule has 0 saturated carbocycles. The van der Waals surface area contributed by atoms with Crippen LogP contribution in [0.3, 0.4) is 0 Å². The quantitative estimate of drug-likeness (QED) is 0.874. The second-order valence-electron chi connectivity index (χ2n) is 4.32. The Morgan fingerprint density at radius 2 is 2.17 bits per heavy atom. The number of aromatic hydroxyl groups is 1. The van der Waals surface area contributed by atoms with Crippen molar-refractivity contribution >= 4 is 23.2 Å². The lowest BCUT2D eigenvalue weighted by Crippen LogP contribution is -2.32. The van der Waals surface area contributed by atoms with Crippen molar-refractivity contribution in [2.75, 3.05) is 26.3 Å². The predicted molar refractivity (Wildman–Crippen MR) is 70.2 cm³/mol. The monoisotopic (exact) mass is 291 g/mol. The molecule has 1 aromatic rings. The van der Waals surface area contributed by atoms with E-state index in [9.17, 15) is 10.2 Å². The van der Waals surface area contributed by atoms with Crippen LogP contribution in [0.25, 0.3) is 0 Å². The van der Waals surface area contributed by atoms with Crippen LogP contribution in [-0.4, -0.2) is 47.5 Å². The van der Waals surface area contributed by atoms with Gasteiger partial charge >= 0.3 is 0 Å². The third kappa shape index (κ3) is 3.28. The topological polar surface area (TPSA) is 52.9 Å². The second kappa shape index (κ2) is 6.08. The number of benzene rings is 1. The summed E-state index contributed by atoms with van der Waals surface area (Å²) in [6.45, 7) is 2.58. The van der Waals surface area contributed by atoms with E-state index in [1.54, 1.807) is 6.07 Å². The zero-order chi connectivity index (χ0) is 13.1. The van der Waals surface area contributed by atoms with E-state index in [-0.39, 0.29) is 10.8 Å². The number of phenols is 1. The highest BCUT2D eigenvalue weighted by Gasteiger charge is 2.19. The first kappa shape index (κ1) is 13.9. The van der Waals surface area contributed by atoms with Crippen molar-refractivity contribution in [3.8, 4) is 5.75 Å². The fourth-order valence-electron chi connectivity index (χ4n) is 1.95. The third-order valence-electron chi connectivity index (χ3n) is 2.88. The summed E-state index contributed by atoms with van der Waals surface area (Å²) in [6, 6.07) is 3.08. The molecule has 1 fully saturated rings. The molecule has 1 saturated heterocycles. The maximum atomic E-state index is 9.65. The number of nitrogens with zero attached hydrogens (tertiary/aromatic N) is 1. The Morgan fingerprint density at radius 3 is 2.94 bits per heavy atom. The fourth-order valence-corrected chi connectivity index (χ4v) is 2.44. The van der Waals surface area contributed by atoms with E-state index < -0.39 is 6.10 Å².